The summed E-state index contributed by atoms with van der Waals surface area (Å²) in [5.74, 6) is 1.23. The minimum absolute atomic E-state index is 0.0272. The van der Waals surface area contributed by atoms with E-state index >= 15 is 0 Å². The molecule has 0 aliphatic carbocycles. The number of phenols is 3. The van der Waals surface area contributed by atoms with Gasteiger partial charge in [0.25, 0.3) is 0 Å². The van der Waals surface area contributed by atoms with Gasteiger partial charge in [0.05, 0.1) is 30.0 Å². The van der Waals surface area contributed by atoms with Crippen molar-refractivity contribution in [1.29, 1.82) is 0 Å². The molecule has 0 bridgehead atoms. The largest absolute Gasteiger partial charge is 0.508 e. The summed E-state index contributed by atoms with van der Waals surface area (Å²) in [5, 5.41) is 35.1. The quantitative estimate of drug-likeness (QED) is 0.212. The van der Waals surface area contributed by atoms with E-state index in [9.17, 15) is 15.3 Å². The third-order valence-corrected chi connectivity index (χ3v) is 8.20. The van der Waals surface area contributed by atoms with Gasteiger partial charge in [-0.2, -0.15) is 0 Å². The lowest BCUT2D eigenvalue weighted by Crippen LogP contribution is -2.26. The molecule has 1 unspecified atom stereocenters. The van der Waals surface area contributed by atoms with Crippen molar-refractivity contribution in [2.24, 2.45) is 4.99 Å². The summed E-state index contributed by atoms with van der Waals surface area (Å²) in [6.07, 6.45) is 0.771. The predicted octanol–water partition coefficient (Wildman–Crippen LogP) is 7.13. The molecule has 2 aliphatic rings. The zero-order chi connectivity index (χ0) is 27.7. The van der Waals surface area contributed by atoms with Crippen molar-refractivity contribution in [2.75, 3.05) is 13.7 Å². The highest BCUT2D eigenvalue weighted by Gasteiger charge is 2.42. The maximum atomic E-state index is 11.7. The Balaban J connectivity index is 1.70. The number of aromatic amines is 1. The van der Waals surface area contributed by atoms with E-state index in [1.165, 1.54) is 0 Å². The first-order chi connectivity index (χ1) is 18.6. The average molecular weight is 527 g/mol. The van der Waals surface area contributed by atoms with Gasteiger partial charge in [-0.1, -0.05) is 27.7 Å². The number of hydrogen-bond donors (Lipinski definition) is 4. The van der Waals surface area contributed by atoms with Crippen molar-refractivity contribution in [3.63, 3.8) is 0 Å². The third-order valence-electron chi connectivity index (χ3n) is 8.20. The molecule has 1 atom stereocenters. The zero-order valence-electron chi connectivity index (χ0n) is 23.1. The molecule has 0 radical (unpaired) electrons. The molecule has 7 heteroatoms. The number of aliphatic imine (C=N–C) groups is 1. The normalized spacial score (nSPS) is 16.1. The number of H-pyrrole nitrogens is 1. The van der Waals surface area contributed by atoms with E-state index < -0.39 is 5.92 Å². The predicted molar refractivity (Wildman–Crippen MR) is 153 cm³/mol. The molecule has 0 amide bonds. The topological polar surface area (TPSA) is 107 Å². The minimum Gasteiger partial charge on any atom is -0.508 e. The number of rotatable bonds is 4. The van der Waals surface area contributed by atoms with Crippen LogP contribution in [-0.4, -0.2) is 39.7 Å². The Kier molecular flexibility index (Phi) is 5.79. The number of aromatic hydroxyl groups is 3. The van der Waals surface area contributed by atoms with Crippen LogP contribution in [0.1, 0.15) is 84.5 Å². The Morgan fingerprint density at radius 1 is 0.949 bits per heavy atom. The van der Waals surface area contributed by atoms with Gasteiger partial charge in [-0.3, -0.25) is 4.99 Å². The van der Waals surface area contributed by atoms with Crippen molar-refractivity contribution >= 4 is 16.6 Å². The van der Waals surface area contributed by atoms with Crippen LogP contribution in [-0.2, 0) is 6.42 Å². The molecule has 3 aromatic carbocycles. The molecule has 39 heavy (non-hydrogen) atoms. The van der Waals surface area contributed by atoms with Crippen LogP contribution in [0.2, 0.25) is 0 Å². The molecule has 1 aromatic heterocycles. The molecule has 4 N–H and O–H groups in total. The number of benzene rings is 3. The number of hydrogen-bond acceptors (Lipinski definition) is 6. The Bertz CT molecular complexity index is 1680. The first-order valence-electron chi connectivity index (χ1n) is 13.5. The lowest BCUT2D eigenvalue weighted by atomic mass is 9.76. The first-order valence-corrected chi connectivity index (χ1v) is 13.5. The summed E-state index contributed by atoms with van der Waals surface area (Å²) in [4.78, 5) is 8.63. The highest BCUT2D eigenvalue weighted by molar-refractivity contribution is 6.12. The van der Waals surface area contributed by atoms with E-state index in [0.717, 1.165) is 51.2 Å². The lowest BCUT2D eigenvalue weighted by Gasteiger charge is -2.35. The van der Waals surface area contributed by atoms with E-state index in [1.54, 1.807) is 19.2 Å². The number of methoxy groups -OCH3 is 1. The van der Waals surface area contributed by atoms with Gasteiger partial charge in [0.2, 0.25) is 0 Å². The molecule has 4 aromatic rings. The molecule has 3 heterocycles. The van der Waals surface area contributed by atoms with Gasteiger partial charge >= 0.3 is 0 Å². The van der Waals surface area contributed by atoms with Crippen LogP contribution in [0.4, 0.5) is 0 Å². The number of aromatic nitrogens is 1. The van der Waals surface area contributed by atoms with Crippen LogP contribution >= 0.6 is 0 Å². The van der Waals surface area contributed by atoms with Crippen LogP contribution < -0.4 is 9.47 Å². The van der Waals surface area contributed by atoms with Gasteiger partial charge in [-0.05, 0) is 60.6 Å². The SMILES string of the molecule is COc1ccc2c3c([nH]c2c1)C(C1c2c(C)c(O)cc(C(C)C)c2Oc2c(O)cc(C(C)C)c(O)c21)=NCC3. The average Bonchev–Trinajstić information content (AvgIpc) is 3.29. The smallest absolute Gasteiger partial charge is 0.176 e. The van der Waals surface area contributed by atoms with Gasteiger partial charge < -0.3 is 29.8 Å². The Morgan fingerprint density at radius 2 is 1.67 bits per heavy atom. The van der Waals surface area contributed by atoms with Gasteiger partial charge in [-0.15, -0.1) is 0 Å². The second-order valence-electron chi connectivity index (χ2n) is 11.2. The molecule has 202 valence electrons. The molecular weight excluding hydrogens is 492 g/mol. The molecule has 0 saturated carbocycles. The Labute approximate surface area is 227 Å². The number of phenolic OH excluding ortho intramolecular Hbond substituents is 3. The van der Waals surface area contributed by atoms with Crippen LogP contribution in [0.5, 0.6) is 34.5 Å². The van der Waals surface area contributed by atoms with E-state index in [0.29, 0.717) is 29.0 Å². The van der Waals surface area contributed by atoms with Crippen LogP contribution in [0, 0.1) is 6.92 Å². The lowest BCUT2D eigenvalue weighted by molar-refractivity contribution is 0.376. The molecule has 7 nitrogen and oxygen atoms in total. The fraction of sp³-hybridized carbons (Fsp3) is 0.344. The third kappa shape index (κ3) is 3.67. The molecule has 0 saturated heterocycles. The minimum atomic E-state index is -0.577. The second kappa shape index (κ2) is 8.97. The first kappa shape index (κ1) is 25.2. The van der Waals surface area contributed by atoms with Crippen molar-refractivity contribution in [3.8, 4) is 34.5 Å². The van der Waals surface area contributed by atoms with E-state index in [-0.39, 0.29) is 34.8 Å². The summed E-state index contributed by atoms with van der Waals surface area (Å²) < 4.78 is 11.9. The summed E-state index contributed by atoms with van der Waals surface area (Å²) in [6.45, 7) is 10.5. The molecule has 0 spiro atoms. The second-order valence-corrected chi connectivity index (χ2v) is 11.2. The number of fused-ring (bicyclic) bond motifs is 5. The standard InChI is InChI=1S/C32H34N2O5/c1-14(2)20-12-24(36)32-27(30(20)37)26(25-16(5)23(35)13-21(15(3)4)31(25)39-32)29-28-19(9-10-33-29)18-8-7-17(38-6)11-22(18)34-28/h7-8,11-15,26,34-37H,9-10H2,1-6H3. The number of nitrogens with one attached hydrogen (secondary N) is 1. The number of nitrogens with zero attached hydrogens (tertiary/aromatic N) is 1. The van der Waals surface area contributed by atoms with Crippen molar-refractivity contribution in [1.82, 2.24) is 4.98 Å². The number of ether oxygens (including phenoxy) is 2. The highest BCUT2D eigenvalue weighted by atomic mass is 16.5. The van der Waals surface area contributed by atoms with E-state index in [2.05, 4.69) is 11.1 Å². The van der Waals surface area contributed by atoms with Gasteiger partial charge in [0.1, 0.15) is 23.0 Å². The zero-order valence-corrected chi connectivity index (χ0v) is 23.1. The monoisotopic (exact) mass is 526 g/mol. The maximum Gasteiger partial charge on any atom is 0.176 e. The maximum absolute atomic E-state index is 11.7. The van der Waals surface area contributed by atoms with Gasteiger partial charge in [-0.25, -0.2) is 0 Å². The summed E-state index contributed by atoms with van der Waals surface area (Å²) in [5.41, 5.74) is 7.07. The van der Waals surface area contributed by atoms with Gasteiger partial charge in [0.15, 0.2) is 11.5 Å². The van der Waals surface area contributed by atoms with Crippen molar-refractivity contribution in [3.05, 3.63) is 69.4 Å². The van der Waals surface area contributed by atoms with Gasteiger partial charge in [0, 0.05) is 40.2 Å². The molecular formula is C32H34N2O5. The van der Waals surface area contributed by atoms with E-state index in [4.69, 9.17) is 14.5 Å². The summed E-state index contributed by atoms with van der Waals surface area (Å²) >= 11 is 0. The van der Waals surface area contributed by atoms with Crippen LogP contribution in [0.15, 0.2) is 35.3 Å². The fourth-order valence-electron chi connectivity index (χ4n) is 6.14. The molecule has 0 fully saturated rings. The van der Waals surface area contributed by atoms with Crippen LogP contribution in [0.25, 0.3) is 10.9 Å². The Hall–Kier alpha value is -4.13. The highest BCUT2D eigenvalue weighted by Crippen LogP contribution is 2.58. The van der Waals surface area contributed by atoms with Crippen molar-refractivity contribution in [2.45, 2.75) is 58.8 Å². The van der Waals surface area contributed by atoms with Crippen molar-refractivity contribution < 1.29 is 24.8 Å². The Morgan fingerprint density at radius 3 is 2.36 bits per heavy atom. The summed E-state index contributed by atoms with van der Waals surface area (Å²) in [7, 11) is 1.65. The van der Waals surface area contributed by atoms with Crippen LogP contribution in [0.3, 0.4) is 0 Å². The van der Waals surface area contributed by atoms with E-state index in [1.807, 2.05) is 46.8 Å². The molecule has 6 rings (SSSR count). The molecule has 2 aliphatic heterocycles. The summed E-state index contributed by atoms with van der Waals surface area (Å²) in [6, 6.07) is 9.32. The fourth-order valence-corrected chi connectivity index (χ4v) is 6.14.